The molecule has 0 saturated heterocycles. The van der Waals surface area contributed by atoms with Crippen LogP contribution >= 0.6 is 12.4 Å². The monoisotopic (exact) mass is 566 g/mol. The normalized spacial score (nSPS) is 29.9. The largest absolute Gasteiger partial charge is 0.481 e. The van der Waals surface area contributed by atoms with E-state index in [1.807, 2.05) is 0 Å². The maximum atomic E-state index is 12.3. The molecule has 0 aromatic heterocycles. The average molecular weight is 567 g/mol. The summed E-state index contributed by atoms with van der Waals surface area (Å²) in [6.45, 7) is 5.03. The number of nitrogens with one attached hydrogen (secondary N) is 1. The smallest absolute Gasteiger partial charge is 0.408 e. The Morgan fingerprint density at radius 3 is 1.17 bits per heavy atom. The van der Waals surface area contributed by atoms with Crippen LogP contribution in [0.3, 0.4) is 0 Å². The number of hydrogen-bond acceptors (Lipinski definition) is 5. The summed E-state index contributed by atoms with van der Waals surface area (Å²) in [5, 5.41) is 17.9. The van der Waals surface area contributed by atoms with Gasteiger partial charge >= 0.3 is 18.0 Å². The Morgan fingerprint density at radius 1 is 0.778 bits per heavy atom. The number of carboxylic acids is 2. The Balaban J connectivity index is 0.000000468. The van der Waals surface area contributed by atoms with Gasteiger partial charge in [0.2, 0.25) is 0 Å². The molecular weight excluding hydrogens is 540 g/mol. The Bertz CT molecular complexity index is 792. The number of hydrogen-bond donors (Lipinski definition) is 4. The number of carboxylic acid groups (broad SMARTS) is 2. The third kappa shape index (κ3) is 11.8. The van der Waals surface area contributed by atoms with Crippen LogP contribution in [0, 0.1) is 11.8 Å². The molecule has 17 heteroatoms. The van der Waals surface area contributed by atoms with Gasteiger partial charge in [0.25, 0.3) is 23.7 Å². The van der Waals surface area contributed by atoms with Gasteiger partial charge < -0.3 is 26.0 Å². The third-order valence-electron chi connectivity index (χ3n) is 4.64. The summed E-state index contributed by atoms with van der Waals surface area (Å²) in [6.07, 6.45) is -2.15. The van der Waals surface area contributed by atoms with Gasteiger partial charge in [0.05, 0.1) is 6.04 Å². The van der Waals surface area contributed by atoms with E-state index in [0.717, 1.165) is 0 Å². The molecular formula is C19H27ClF8N2O6. The highest BCUT2D eigenvalue weighted by molar-refractivity contribution is 5.85. The van der Waals surface area contributed by atoms with Crippen molar-refractivity contribution in [1.82, 2.24) is 5.32 Å². The molecule has 0 aliphatic heterocycles. The first-order valence-corrected chi connectivity index (χ1v) is 10.1. The van der Waals surface area contributed by atoms with Gasteiger partial charge in [-0.25, -0.2) is 39.9 Å². The summed E-state index contributed by atoms with van der Waals surface area (Å²) < 4.78 is 98.9. The molecule has 4 aliphatic rings. The number of ether oxygens (including phenoxy) is 1. The van der Waals surface area contributed by atoms with Crippen LogP contribution in [0.4, 0.5) is 39.9 Å². The third-order valence-corrected chi connectivity index (χ3v) is 4.64. The van der Waals surface area contributed by atoms with E-state index >= 15 is 0 Å². The van der Waals surface area contributed by atoms with Crippen molar-refractivity contribution in [2.75, 3.05) is 0 Å². The maximum Gasteiger partial charge on any atom is 0.408 e. The molecule has 0 aromatic rings. The number of carbonyl (C=O) groups excluding carboxylic acids is 1. The zero-order valence-corrected chi connectivity index (χ0v) is 20.0. The second-order valence-corrected chi connectivity index (χ2v) is 9.45. The van der Waals surface area contributed by atoms with Crippen LogP contribution in [-0.2, 0) is 14.3 Å². The number of halogens is 9. The van der Waals surface area contributed by atoms with Crippen LogP contribution < -0.4 is 11.1 Å². The van der Waals surface area contributed by atoms with E-state index in [0.29, 0.717) is 0 Å². The highest BCUT2D eigenvalue weighted by Crippen LogP contribution is 2.49. The molecule has 8 nitrogen and oxygen atoms in total. The van der Waals surface area contributed by atoms with Gasteiger partial charge in [0.1, 0.15) is 23.5 Å². The Kier molecular flexibility index (Phi) is 10.5. The van der Waals surface area contributed by atoms with E-state index < -0.39 is 84.1 Å². The summed E-state index contributed by atoms with van der Waals surface area (Å²) in [4.78, 5) is 30.3. The minimum absolute atomic E-state index is 0. The van der Waals surface area contributed by atoms with Crippen molar-refractivity contribution in [2.24, 2.45) is 17.6 Å². The molecule has 0 bridgehead atoms. The van der Waals surface area contributed by atoms with Crippen molar-refractivity contribution in [1.29, 1.82) is 0 Å². The first-order valence-electron chi connectivity index (χ1n) is 10.1. The number of nitrogens with two attached hydrogens (primary N) is 1. The molecule has 0 heterocycles. The first kappa shape index (κ1) is 33.9. The molecule has 4 fully saturated rings. The fourth-order valence-corrected chi connectivity index (χ4v) is 2.02. The number of amides is 1. The molecule has 1 amide bonds. The van der Waals surface area contributed by atoms with E-state index in [1.54, 1.807) is 20.8 Å². The van der Waals surface area contributed by atoms with E-state index in [4.69, 9.17) is 20.7 Å². The molecule has 36 heavy (non-hydrogen) atoms. The van der Waals surface area contributed by atoms with E-state index in [2.05, 4.69) is 5.32 Å². The van der Waals surface area contributed by atoms with Crippen LogP contribution in [-0.4, -0.2) is 69.6 Å². The lowest BCUT2D eigenvalue weighted by Crippen LogP contribution is -2.35. The van der Waals surface area contributed by atoms with Gasteiger partial charge in [-0.1, -0.05) is 0 Å². The fraction of sp³-hybridized carbons (Fsp3) is 0.842. The molecule has 0 radical (unpaired) electrons. The summed E-state index contributed by atoms with van der Waals surface area (Å²) in [5.41, 5.74) is 4.11. The van der Waals surface area contributed by atoms with Gasteiger partial charge in [0, 0.05) is 25.7 Å². The van der Waals surface area contributed by atoms with Crippen LogP contribution in [0.25, 0.3) is 0 Å². The molecule has 212 valence electrons. The van der Waals surface area contributed by atoms with Gasteiger partial charge in [-0.05, 0) is 20.8 Å². The van der Waals surface area contributed by atoms with Crippen molar-refractivity contribution in [3.8, 4) is 0 Å². The van der Waals surface area contributed by atoms with Gasteiger partial charge in [-0.15, -0.1) is 12.4 Å². The van der Waals surface area contributed by atoms with E-state index in [-0.39, 0.29) is 25.2 Å². The number of alkyl halides is 8. The average Bonchev–Trinajstić information content (AvgIpc) is 3.56. The summed E-state index contributed by atoms with van der Waals surface area (Å²) in [6, 6.07) is -1.88. The van der Waals surface area contributed by atoms with Gasteiger partial charge in [-0.2, -0.15) is 0 Å². The van der Waals surface area contributed by atoms with Crippen LogP contribution in [0.5, 0.6) is 0 Å². The van der Waals surface area contributed by atoms with Crippen molar-refractivity contribution in [2.45, 2.75) is 87.8 Å². The Morgan fingerprint density at radius 2 is 1.06 bits per heavy atom. The quantitative estimate of drug-likeness (QED) is 0.377. The van der Waals surface area contributed by atoms with Crippen LogP contribution in [0.2, 0.25) is 0 Å². The molecule has 4 atom stereocenters. The van der Waals surface area contributed by atoms with Gasteiger partial charge in [-0.3, -0.25) is 9.59 Å². The van der Waals surface area contributed by atoms with Crippen molar-refractivity contribution in [3.05, 3.63) is 0 Å². The van der Waals surface area contributed by atoms with Crippen molar-refractivity contribution in [3.63, 3.8) is 0 Å². The fourth-order valence-electron chi connectivity index (χ4n) is 2.02. The SMILES string of the molecule is CC(C)(C)OC(=O)N[C@@H]1CC1(F)F.Cl.N[C@@H]1CC1(F)F.O=C(O)C1CC1(F)F.O=C(O)[C@@H]1CC1(F)F. The number of rotatable bonds is 3. The lowest BCUT2D eigenvalue weighted by molar-refractivity contribution is -0.142. The molecule has 4 saturated carbocycles. The predicted octanol–water partition coefficient (Wildman–Crippen LogP) is 4.15. The minimum Gasteiger partial charge on any atom is -0.481 e. The van der Waals surface area contributed by atoms with Crippen LogP contribution in [0.15, 0.2) is 0 Å². The summed E-state index contributed by atoms with van der Waals surface area (Å²) in [5.74, 6) is -16.7. The van der Waals surface area contributed by atoms with E-state index in [9.17, 15) is 49.5 Å². The number of aliphatic carboxylic acids is 2. The van der Waals surface area contributed by atoms with Gasteiger partial charge in [0.15, 0.2) is 0 Å². The first-order chi connectivity index (χ1) is 15.4. The van der Waals surface area contributed by atoms with Crippen molar-refractivity contribution < 1.29 is 64.5 Å². The second-order valence-electron chi connectivity index (χ2n) is 9.45. The highest BCUT2D eigenvalue weighted by Gasteiger charge is 2.62. The predicted molar refractivity (Wildman–Crippen MR) is 109 cm³/mol. The Hall–Kier alpha value is -2.10. The zero-order chi connectivity index (χ0) is 27.8. The lowest BCUT2D eigenvalue weighted by atomic mass is 10.2. The molecule has 4 aliphatic carbocycles. The molecule has 5 N–H and O–H groups in total. The number of carbonyl (C=O) groups is 3. The lowest BCUT2D eigenvalue weighted by Gasteiger charge is -2.19. The molecule has 4 rings (SSSR count). The zero-order valence-electron chi connectivity index (χ0n) is 19.2. The van der Waals surface area contributed by atoms with Crippen LogP contribution in [0.1, 0.15) is 46.5 Å². The molecule has 0 spiro atoms. The topological polar surface area (TPSA) is 139 Å². The van der Waals surface area contributed by atoms with Crippen molar-refractivity contribution >= 4 is 30.4 Å². The summed E-state index contributed by atoms with van der Waals surface area (Å²) >= 11 is 0. The summed E-state index contributed by atoms with van der Waals surface area (Å²) in [7, 11) is 0. The standard InChI is InChI=1S/C8H13F2NO2.2C4H4F2O2.C3H5F2N.ClH/c1-7(2,3)13-6(12)11-5-4-8(5,9)10;2*5-4(6)1-2(4)3(7)8;4-3(5)1-2(3)6;/h5H,4H2,1-3H3,(H,11,12);2*2H,1H2,(H,7,8);2H,1,6H2;1H/t5-;2-;;2-;/m10.1./s1. The highest BCUT2D eigenvalue weighted by atomic mass is 35.5. The maximum absolute atomic E-state index is 12.3. The molecule has 1 unspecified atom stereocenters. The second kappa shape index (κ2) is 11.1. The molecule has 0 aromatic carbocycles. The number of alkyl carbamates (subject to hydrolysis) is 1. The minimum atomic E-state index is -2.91. The van der Waals surface area contributed by atoms with E-state index in [1.165, 1.54) is 0 Å². The Labute approximate surface area is 206 Å².